The summed E-state index contributed by atoms with van der Waals surface area (Å²) < 4.78 is 4.96. The monoisotopic (exact) mass is 357 g/mol. The molecule has 1 aromatic carbocycles. The van der Waals surface area contributed by atoms with Crippen molar-refractivity contribution in [3.05, 3.63) is 41.6 Å². The van der Waals surface area contributed by atoms with E-state index in [0.29, 0.717) is 19.0 Å². The zero-order valence-corrected chi connectivity index (χ0v) is 15.9. The van der Waals surface area contributed by atoms with Gasteiger partial charge in [-0.05, 0) is 56.7 Å². The Kier molecular flexibility index (Phi) is 7.35. The van der Waals surface area contributed by atoms with Gasteiger partial charge in [0.2, 0.25) is 0 Å². The summed E-state index contributed by atoms with van der Waals surface area (Å²) in [5, 5.41) is 14.0. The van der Waals surface area contributed by atoms with Crippen LogP contribution in [0.15, 0.2) is 30.3 Å². The molecule has 26 heavy (non-hydrogen) atoms. The van der Waals surface area contributed by atoms with Crippen LogP contribution in [0.2, 0.25) is 0 Å². The highest BCUT2D eigenvalue weighted by molar-refractivity contribution is 6.03. The maximum atomic E-state index is 12.4. The largest absolute Gasteiger partial charge is 0.383 e. The third-order valence-corrected chi connectivity index (χ3v) is 4.10. The summed E-state index contributed by atoms with van der Waals surface area (Å²) in [5.74, 6) is 0.331. The van der Waals surface area contributed by atoms with E-state index in [1.54, 1.807) is 19.2 Å². The van der Waals surface area contributed by atoms with E-state index in [9.17, 15) is 4.79 Å². The average Bonchev–Trinajstić information content (AvgIpc) is 2.65. The first-order valence-corrected chi connectivity index (χ1v) is 8.82. The van der Waals surface area contributed by atoms with E-state index < -0.39 is 0 Å². The van der Waals surface area contributed by atoms with Crippen LogP contribution in [0.5, 0.6) is 0 Å². The van der Waals surface area contributed by atoms with Crippen LogP contribution in [0.1, 0.15) is 29.9 Å². The summed E-state index contributed by atoms with van der Waals surface area (Å²) in [7, 11) is 1.64. The first-order valence-electron chi connectivity index (χ1n) is 8.82. The Bertz CT molecular complexity index is 714. The molecular formula is C19H27N5O2. The average molecular weight is 357 g/mol. The highest BCUT2D eigenvalue weighted by Gasteiger charge is 2.11. The standard InChI is InChI=1S/C19H27N5O2/c1-5-24(6-2)15-7-8-16(14(3)13-15)21-19(25)17-9-10-18(23-22-17)20-11-12-26-4/h7-10,13H,5-6,11-12H2,1-4H3,(H,20,23)(H,21,25). The number of nitrogens with one attached hydrogen (secondary N) is 2. The third-order valence-electron chi connectivity index (χ3n) is 4.10. The maximum absolute atomic E-state index is 12.4. The van der Waals surface area contributed by atoms with E-state index in [-0.39, 0.29) is 11.6 Å². The molecule has 1 heterocycles. The van der Waals surface area contributed by atoms with Crippen molar-refractivity contribution in [2.75, 3.05) is 48.9 Å². The SMILES string of the molecule is CCN(CC)c1ccc(NC(=O)c2ccc(NCCOC)nn2)c(C)c1. The number of nitrogens with zero attached hydrogens (tertiary/aromatic N) is 3. The molecule has 0 radical (unpaired) electrons. The Morgan fingerprint density at radius 3 is 2.50 bits per heavy atom. The van der Waals surface area contributed by atoms with E-state index in [4.69, 9.17) is 4.74 Å². The molecule has 0 bridgehead atoms. The molecule has 1 aromatic heterocycles. The van der Waals surface area contributed by atoms with Crippen molar-refractivity contribution in [3.8, 4) is 0 Å². The summed E-state index contributed by atoms with van der Waals surface area (Å²) in [4.78, 5) is 14.7. The van der Waals surface area contributed by atoms with Gasteiger partial charge in [-0.25, -0.2) is 0 Å². The number of hydrogen-bond donors (Lipinski definition) is 2. The second-order valence-corrected chi connectivity index (χ2v) is 5.85. The molecule has 1 amide bonds. The fourth-order valence-electron chi connectivity index (χ4n) is 2.59. The number of anilines is 3. The fraction of sp³-hybridized carbons (Fsp3) is 0.421. The van der Waals surface area contributed by atoms with Crippen molar-refractivity contribution in [2.24, 2.45) is 0 Å². The molecule has 7 heteroatoms. The van der Waals surface area contributed by atoms with Gasteiger partial charge >= 0.3 is 0 Å². The van der Waals surface area contributed by atoms with Gasteiger partial charge in [-0.1, -0.05) is 0 Å². The van der Waals surface area contributed by atoms with E-state index in [1.807, 2.05) is 19.1 Å². The number of carbonyl (C=O) groups excluding carboxylic acids is 1. The molecule has 2 rings (SSSR count). The van der Waals surface area contributed by atoms with Crippen molar-refractivity contribution < 1.29 is 9.53 Å². The summed E-state index contributed by atoms with van der Waals surface area (Å²) in [5.41, 5.74) is 3.20. The van der Waals surface area contributed by atoms with Gasteiger partial charge in [-0.3, -0.25) is 4.79 Å². The Morgan fingerprint density at radius 1 is 1.15 bits per heavy atom. The highest BCUT2D eigenvalue weighted by atomic mass is 16.5. The number of benzene rings is 1. The van der Waals surface area contributed by atoms with Gasteiger partial charge < -0.3 is 20.3 Å². The number of aryl methyl sites for hydroxylation is 1. The van der Waals surface area contributed by atoms with Gasteiger partial charge in [0.25, 0.3) is 5.91 Å². The zero-order chi connectivity index (χ0) is 18.9. The molecule has 0 fully saturated rings. The van der Waals surface area contributed by atoms with Crippen molar-refractivity contribution in [3.63, 3.8) is 0 Å². The molecular weight excluding hydrogens is 330 g/mol. The third kappa shape index (κ3) is 5.16. The molecule has 2 N–H and O–H groups in total. The fourth-order valence-corrected chi connectivity index (χ4v) is 2.59. The molecule has 0 aliphatic rings. The molecule has 0 saturated heterocycles. The van der Waals surface area contributed by atoms with Gasteiger partial charge in [-0.2, -0.15) is 0 Å². The number of methoxy groups -OCH3 is 1. The quantitative estimate of drug-likeness (QED) is 0.672. The van der Waals surface area contributed by atoms with E-state index in [1.165, 1.54) is 0 Å². The lowest BCUT2D eigenvalue weighted by atomic mass is 10.1. The smallest absolute Gasteiger partial charge is 0.276 e. The van der Waals surface area contributed by atoms with Crippen LogP contribution in [0.3, 0.4) is 0 Å². The molecule has 0 aliphatic heterocycles. The molecule has 7 nitrogen and oxygen atoms in total. The number of rotatable bonds is 9. The summed E-state index contributed by atoms with van der Waals surface area (Å²) in [6.07, 6.45) is 0. The molecule has 0 spiro atoms. The van der Waals surface area contributed by atoms with E-state index in [2.05, 4.69) is 45.6 Å². The van der Waals surface area contributed by atoms with Crippen molar-refractivity contribution >= 4 is 23.1 Å². The van der Waals surface area contributed by atoms with Crippen LogP contribution in [-0.2, 0) is 4.74 Å². The van der Waals surface area contributed by atoms with Crippen molar-refractivity contribution in [1.29, 1.82) is 0 Å². The van der Waals surface area contributed by atoms with Crippen LogP contribution in [0, 0.1) is 6.92 Å². The van der Waals surface area contributed by atoms with Gasteiger partial charge in [-0.15, -0.1) is 10.2 Å². The Balaban J connectivity index is 2.03. The maximum Gasteiger partial charge on any atom is 0.276 e. The Hall–Kier alpha value is -2.67. The van der Waals surface area contributed by atoms with Crippen LogP contribution in [0.25, 0.3) is 0 Å². The van der Waals surface area contributed by atoms with Crippen molar-refractivity contribution in [2.45, 2.75) is 20.8 Å². The number of carbonyl (C=O) groups is 1. The van der Waals surface area contributed by atoms with E-state index in [0.717, 1.165) is 30.0 Å². The number of aromatic nitrogens is 2. The zero-order valence-electron chi connectivity index (χ0n) is 15.9. The predicted octanol–water partition coefficient (Wildman–Crippen LogP) is 2.94. The number of ether oxygens (including phenoxy) is 1. The molecule has 0 aliphatic carbocycles. The van der Waals surface area contributed by atoms with Crippen LogP contribution < -0.4 is 15.5 Å². The Labute approximate surface area is 154 Å². The topological polar surface area (TPSA) is 79.4 Å². The van der Waals surface area contributed by atoms with Gasteiger partial charge in [0.1, 0.15) is 5.82 Å². The minimum absolute atomic E-state index is 0.273. The second kappa shape index (κ2) is 9.72. The Morgan fingerprint density at radius 2 is 1.92 bits per heavy atom. The summed E-state index contributed by atoms with van der Waals surface area (Å²) in [6.45, 7) is 9.34. The number of hydrogen-bond acceptors (Lipinski definition) is 6. The van der Waals surface area contributed by atoms with Crippen molar-refractivity contribution in [1.82, 2.24) is 10.2 Å². The van der Waals surface area contributed by atoms with Crippen LogP contribution in [-0.4, -0.2) is 49.5 Å². The molecule has 0 saturated carbocycles. The van der Waals surface area contributed by atoms with E-state index >= 15 is 0 Å². The second-order valence-electron chi connectivity index (χ2n) is 5.85. The van der Waals surface area contributed by atoms with Gasteiger partial charge in [0.05, 0.1) is 6.61 Å². The van der Waals surface area contributed by atoms with Crippen LogP contribution >= 0.6 is 0 Å². The minimum atomic E-state index is -0.278. The lowest BCUT2D eigenvalue weighted by Crippen LogP contribution is -2.22. The summed E-state index contributed by atoms with van der Waals surface area (Å²) >= 11 is 0. The lowest BCUT2D eigenvalue weighted by Gasteiger charge is -2.22. The van der Waals surface area contributed by atoms with Crippen LogP contribution in [0.4, 0.5) is 17.2 Å². The molecule has 2 aromatic rings. The lowest BCUT2D eigenvalue weighted by molar-refractivity contribution is 0.102. The normalized spacial score (nSPS) is 10.5. The highest BCUT2D eigenvalue weighted by Crippen LogP contribution is 2.23. The minimum Gasteiger partial charge on any atom is -0.383 e. The molecule has 0 unspecified atom stereocenters. The molecule has 140 valence electrons. The van der Waals surface area contributed by atoms with Gasteiger partial charge in [0.15, 0.2) is 5.69 Å². The first kappa shape index (κ1) is 19.7. The molecule has 0 atom stereocenters. The summed E-state index contributed by atoms with van der Waals surface area (Å²) in [6, 6.07) is 9.40. The number of amides is 1. The van der Waals surface area contributed by atoms with Gasteiger partial charge in [0, 0.05) is 38.1 Å². The first-order chi connectivity index (χ1) is 12.6. The predicted molar refractivity (Wildman–Crippen MR) is 105 cm³/mol.